The van der Waals surface area contributed by atoms with Crippen LogP contribution >= 0.6 is 0 Å². The van der Waals surface area contributed by atoms with Gasteiger partial charge in [-0.1, -0.05) is 0 Å². The zero-order valence-electron chi connectivity index (χ0n) is 15.7. The van der Waals surface area contributed by atoms with E-state index in [2.05, 4.69) is 20.0 Å². The molecule has 0 unspecified atom stereocenters. The summed E-state index contributed by atoms with van der Waals surface area (Å²) in [6, 6.07) is 13.1. The number of aromatic amines is 1. The molecule has 0 spiro atoms. The molecule has 28 heavy (non-hydrogen) atoms. The number of H-pyrrole nitrogens is 1. The number of aromatic nitrogens is 2. The van der Waals surface area contributed by atoms with E-state index in [0.717, 1.165) is 45.1 Å². The third kappa shape index (κ3) is 3.46. The van der Waals surface area contributed by atoms with Crippen molar-refractivity contribution in [3.05, 3.63) is 54.4 Å². The molecule has 0 bridgehead atoms. The number of fused-ring (bicyclic) bond motifs is 3. The zero-order valence-corrected chi connectivity index (χ0v) is 16.5. The Labute approximate surface area is 162 Å². The minimum absolute atomic E-state index is 0.440. The minimum Gasteiger partial charge on any atom is -0.494 e. The number of sulfonamides is 1. The second-order valence-electron chi connectivity index (χ2n) is 6.65. The van der Waals surface area contributed by atoms with E-state index in [1.165, 1.54) is 0 Å². The molecular formula is C20H20N4O3S. The van der Waals surface area contributed by atoms with Crippen molar-refractivity contribution in [2.24, 2.45) is 0 Å². The predicted octanol–water partition coefficient (Wildman–Crippen LogP) is 4.15. The molecule has 0 saturated heterocycles. The van der Waals surface area contributed by atoms with Crippen molar-refractivity contribution in [2.75, 3.05) is 23.4 Å². The molecule has 0 atom stereocenters. The summed E-state index contributed by atoms with van der Waals surface area (Å²) in [5.74, 6) is 0.528. The number of anilines is 3. The first kappa shape index (κ1) is 18.1. The number of pyridine rings is 1. The Morgan fingerprint density at radius 1 is 1.07 bits per heavy atom. The summed E-state index contributed by atoms with van der Waals surface area (Å²) in [7, 11) is -1.82. The average molecular weight is 396 g/mol. The Morgan fingerprint density at radius 2 is 1.89 bits per heavy atom. The molecule has 0 aliphatic carbocycles. The lowest BCUT2D eigenvalue weighted by Crippen LogP contribution is -2.09. The fraction of sp³-hybridized carbons (Fsp3) is 0.150. The summed E-state index contributed by atoms with van der Waals surface area (Å²) in [6.45, 7) is 1.99. The highest BCUT2D eigenvalue weighted by Crippen LogP contribution is 2.36. The van der Waals surface area contributed by atoms with E-state index in [1.54, 1.807) is 31.5 Å². The molecule has 7 nitrogen and oxygen atoms in total. The number of rotatable bonds is 5. The summed E-state index contributed by atoms with van der Waals surface area (Å²) in [4.78, 5) is 7.77. The van der Waals surface area contributed by atoms with Crippen LogP contribution < -0.4 is 14.8 Å². The number of nitrogens with one attached hydrogen (secondary N) is 3. The van der Waals surface area contributed by atoms with E-state index in [4.69, 9.17) is 4.74 Å². The summed E-state index contributed by atoms with van der Waals surface area (Å²) in [5, 5.41) is 5.50. The van der Waals surface area contributed by atoms with Crippen LogP contribution in [0.4, 0.5) is 17.1 Å². The molecule has 2 aromatic heterocycles. The molecular weight excluding hydrogens is 376 g/mol. The van der Waals surface area contributed by atoms with Gasteiger partial charge in [0.2, 0.25) is 10.0 Å². The van der Waals surface area contributed by atoms with Gasteiger partial charge in [-0.25, -0.2) is 8.42 Å². The van der Waals surface area contributed by atoms with Crippen molar-refractivity contribution in [3.8, 4) is 5.75 Å². The second-order valence-corrected chi connectivity index (χ2v) is 8.39. The second kappa shape index (κ2) is 6.72. The van der Waals surface area contributed by atoms with Crippen LogP contribution in [0.5, 0.6) is 5.75 Å². The molecule has 0 amide bonds. The molecule has 2 aromatic carbocycles. The van der Waals surface area contributed by atoms with Crippen LogP contribution in [-0.4, -0.2) is 31.8 Å². The minimum atomic E-state index is -3.36. The fourth-order valence-electron chi connectivity index (χ4n) is 3.33. The number of hydrogen-bond donors (Lipinski definition) is 3. The maximum absolute atomic E-state index is 11.5. The number of hydrogen-bond acceptors (Lipinski definition) is 5. The monoisotopic (exact) mass is 396 g/mol. The molecule has 2 heterocycles. The first-order valence-corrected chi connectivity index (χ1v) is 10.5. The topological polar surface area (TPSA) is 96.1 Å². The van der Waals surface area contributed by atoms with Crippen LogP contribution in [0, 0.1) is 6.92 Å². The van der Waals surface area contributed by atoms with Gasteiger partial charge in [-0.2, -0.15) is 0 Å². The van der Waals surface area contributed by atoms with Gasteiger partial charge in [0.05, 0.1) is 35.9 Å². The van der Waals surface area contributed by atoms with Gasteiger partial charge in [-0.3, -0.25) is 9.71 Å². The SMILES string of the molecule is COc1cc(NS(C)(=O)=O)ccc1Nc1cc(C)[nH]c2ccc3nccc3c12. The first-order valence-electron chi connectivity index (χ1n) is 8.64. The van der Waals surface area contributed by atoms with Gasteiger partial charge in [-0.15, -0.1) is 0 Å². The lowest BCUT2D eigenvalue weighted by Gasteiger charge is -2.16. The quantitative estimate of drug-likeness (QED) is 0.471. The molecule has 0 fully saturated rings. The fourth-order valence-corrected chi connectivity index (χ4v) is 3.88. The van der Waals surface area contributed by atoms with E-state index in [-0.39, 0.29) is 0 Å². The van der Waals surface area contributed by atoms with E-state index < -0.39 is 10.0 Å². The molecule has 3 N–H and O–H groups in total. The molecule has 4 rings (SSSR count). The van der Waals surface area contributed by atoms with E-state index in [1.807, 2.05) is 31.2 Å². The van der Waals surface area contributed by atoms with Gasteiger partial charge in [0.1, 0.15) is 5.75 Å². The van der Waals surface area contributed by atoms with E-state index in [0.29, 0.717) is 11.4 Å². The molecule has 0 aliphatic rings. The lowest BCUT2D eigenvalue weighted by atomic mass is 10.1. The van der Waals surface area contributed by atoms with Crippen molar-refractivity contribution < 1.29 is 13.2 Å². The molecule has 0 saturated carbocycles. The number of ether oxygens (including phenoxy) is 1. The average Bonchev–Trinajstić information content (AvgIpc) is 3.10. The number of nitrogens with zero attached hydrogens (tertiary/aromatic N) is 1. The normalized spacial score (nSPS) is 11.7. The highest BCUT2D eigenvalue weighted by Gasteiger charge is 2.12. The Morgan fingerprint density at radius 3 is 2.64 bits per heavy atom. The third-order valence-corrected chi connectivity index (χ3v) is 5.02. The molecule has 4 aromatic rings. The van der Waals surface area contributed by atoms with Crippen molar-refractivity contribution in [1.29, 1.82) is 0 Å². The Kier molecular flexibility index (Phi) is 4.35. The zero-order chi connectivity index (χ0) is 19.9. The molecule has 0 aliphatic heterocycles. The van der Waals surface area contributed by atoms with Crippen LogP contribution in [0.15, 0.2) is 48.7 Å². The molecule has 144 valence electrons. The third-order valence-electron chi connectivity index (χ3n) is 4.41. The first-order chi connectivity index (χ1) is 13.3. The lowest BCUT2D eigenvalue weighted by molar-refractivity contribution is 0.417. The van der Waals surface area contributed by atoms with Gasteiger partial charge in [-0.05, 0) is 43.3 Å². The maximum atomic E-state index is 11.5. The molecule has 0 radical (unpaired) electrons. The van der Waals surface area contributed by atoms with Crippen LogP contribution in [0.2, 0.25) is 0 Å². The Hall–Kier alpha value is -3.26. The highest BCUT2D eigenvalue weighted by atomic mass is 32.2. The van der Waals surface area contributed by atoms with Crippen molar-refractivity contribution in [1.82, 2.24) is 9.97 Å². The van der Waals surface area contributed by atoms with Crippen molar-refractivity contribution >= 4 is 48.9 Å². The Bertz CT molecular complexity index is 1300. The van der Waals surface area contributed by atoms with E-state index >= 15 is 0 Å². The van der Waals surface area contributed by atoms with Crippen LogP contribution in [0.3, 0.4) is 0 Å². The van der Waals surface area contributed by atoms with E-state index in [9.17, 15) is 8.42 Å². The standard InChI is InChI=1S/C20H20N4O3S/c1-12-10-18(20-14-8-9-21-15(14)6-7-17(20)22-12)23-16-5-4-13(11-19(16)27-2)24-28(3,25)26/h4-11,22-24H,1-3H3. The van der Waals surface area contributed by atoms with Crippen LogP contribution in [-0.2, 0) is 10.0 Å². The largest absolute Gasteiger partial charge is 0.494 e. The van der Waals surface area contributed by atoms with Crippen LogP contribution in [0.25, 0.3) is 21.8 Å². The molecule has 8 heteroatoms. The number of aryl methyl sites for hydroxylation is 1. The van der Waals surface area contributed by atoms with Gasteiger partial charge in [0, 0.05) is 34.2 Å². The predicted molar refractivity (Wildman–Crippen MR) is 113 cm³/mol. The highest BCUT2D eigenvalue weighted by molar-refractivity contribution is 7.92. The summed E-state index contributed by atoms with van der Waals surface area (Å²) < 4.78 is 30.9. The number of benzene rings is 2. The van der Waals surface area contributed by atoms with Crippen molar-refractivity contribution in [3.63, 3.8) is 0 Å². The van der Waals surface area contributed by atoms with Gasteiger partial charge in [0.15, 0.2) is 0 Å². The number of methoxy groups -OCH3 is 1. The maximum Gasteiger partial charge on any atom is 0.229 e. The summed E-state index contributed by atoms with van der Waals surface area (Å²) >= 11 is 0. The smallest absolute Gasteiger partial charge is 0.229 e. The van der Waals surface area contributed by atoms with Crippen molar-refractivity contribution in [2.45, 2.75) is 6.92 Å². The van der Waals surface area contributed by atoms with Gasteiger partial charge < -0.3 is 15.0 Å². The van der Waals surface area contributed by atoms with Crippen LogP contribution in [0.1, 0.15) is 5.69 Å². The Balaban J connectivity index is 1.83. The van der Waals surface area contributed by atoms with Gasteiger partial charge in [0.25, 0.3) is 0 Å². The summed E-state index contributed by atoms with van der Waals surface area (Å²) in [6.07, 6.45) is 2.90. The van der Waals surface area contributed by atoms with Gasteiger partial charge >= 0.3 is 0 Å². The summed E-state index contributed by atoms with van der Waals surface area (Å²) in [5.41, 5.74) is 5.00.